The van der Waals surface area contributed by atoms with Crippen molar-refractivity contribution >= 4 is 11.9 Å². The molecule has 110 valence electrons. The second-order valence-corrected chi connectivity index (χ2v) is 5.12. The second kappa shape index (κ2) is 6.17. The summed E-state index contributed by atoms with van der Waals surface area (Å²) in [6, 6.07) is 1.80. The molecule has 6 heteroatoms. The highest BCUT2D eigenvalue weighted by atomic mass is 16.5. The first-order valence-electron chi connectivity index (χ1n) is 6.97. The molecule has 0 bridgehead atoms. The zero-order valence-electron chi connectivity index (χ0n) is 12.4. The van der Waals surface area contributed by atoms with Gasteiger partial charge in [-0.05, 0) is 19.4 Å². The van der Waals surface area contributed by atoms with Gasteiger partial charge >= 0.3 is 0 Å². The van der Waals surface area contributed by atoms with Crippen LogP contribution in [0.25, 0.3) is 0 Å². The summed E-state index contributed by atoms with van der Waals surface area (Å²) >= 11 is 0. The Bertz CT molecular complexity index is 440. The Balaban J connectivity index is 1.96. The average molecular weight is 278 g/mol. The molecular formula is C14H22N4O2. The SMILES string of the molecule is CCC(C)(OC)C(=O)N1CCN(c2ncccn2)CC1. The zero-order chi connectivity index (χ0) is 14.6. The molecule has 20 heavy (non-hydrogen) atoms. The molecule has 1 atom stereocenters. The normalized spacial score (nSPS) is 18.8. The fourth-order valence-corrected chi connectivity index (χ4v) is 2.28. The van der Waals surface area contributed by atoms with Gasteiger partial charge in [0.2, 0.25) is 5.95 Å². The van der Waals surface area contributed by atoms with E-state index in [4.69, 9.17) is 4.74 Å². The van der Waals surface area contributed by atoms with Crippen LogP contribution in [-0.2, 0) is 9.53 Å². The van der Waals surface area contributed by atoms with Crippen LogP contribution in [0.15, 0.2) is 18.5 Å². The van der Waals surface area contributed by atoms with Gasteiger partial charge in [-0.1, -0.05) is 6.92 Å². The molecule has 1 aliphatic rings. The van der Waals surface area contributed by atoms with Crippen molar-refractivity contribution in [2.75, 3.05) is 38.2 Å². The number of ether oxygens (including phenoxy) is 1. The summed E-state index contributed by atoms with van der Waals surface area (Å²) in [5, 5.41) is 0. The highest BCUT2D eigenvalue weighted by Gasteiger charge is 2.36. The van der Waals surface area contributed by atoms with E-state index in [1.54, 1.807) is 25.6 Å². The number of carbonyl (C=O) groups excluding carboxylic acids is 1. The van der Waals surface area contributed by atoms with Crippen LogP contribution in [0.2, 0.25) is 0 Å². The van der Waals surface area contributed by atoms with Crippen molar-refractivity contribution in [3.63, 3.8) is 0 Å². The van der Waals surface area contributed by atoms with Gasteiger partial charge in [0.05, 0.1) is 0 Å². The van der Waals surface area contributed by atoms with E-state index in [0.29, 0.717) is 19.5 Å². The van der Waals surface area contributed by atoms with Crippen molar-refractivity contribution in [1.29, 1.82) is 0 Å². The molecule has 0 radical (unpaired) electrons. The summed E-state index contributed by atoms with van der Waals surface area (Å²) in [6.45, 7) is 6.67. The number of hydrogen-bond acceptors (Lipinski definition) is 5. The van der Waals surface area contributed by atoms with Crippen LogP contribution in [0, 0.1) is 0 Å². The van der Waals surface area contributed by atoms with Crippen molar-refractivity contribution in [1.82, 2.24) is 14.9 Å². The van der Waals surface area contributed by atoms with Crippen LogP contribution in [0.3, 0.4) is 0 Å². The molecule has 2 rings (SSSR count). The largest absolute Gasteiger partial charge is 0.369 e. The fourth-order valence-electron chi connectivity index (χ4n) is 2.28. The molecule has 1 unspecified atom stereocenters. The number of methoxy groups -OCH3 is 1. The monoisotopic (exact) mass is 278 g/mol. The minimum Gasteiger partial charge on any atom is -0.369 e. The Labute approximate surface area is 119 Å². The molecular weight excluding hydrogens is 256 g/mol. The maximum Gasteiger partial charge on any atom is 0.254 e. The van der Waals surface area contributed by atoms with E-state index in [1.807, 2.05) is 18.7 Å². The predicted molar refractivity (Wildman–Crippen MR) is 76.5 cm³/mol. The average Bonchev–Trinajstić information content (AvgIpc) is 2.54. The van der Waals surface area contributed by atoms with E-state index in [-0.39, 0.29) is 5.91 Å². The molecule has 0 aliphatic carbocycles. The van der Waals surface area contributed by atoms with Crippen LogP contribution in [-0.4, -0.2) is 59.7 Å². The molecule has 6 nitrogen and oxygen atoms in total. The number of aromatic nitrogens is 2. The third-order valence-electron chi connectivity index (χ3n) is 3.98. The Morgan fingerprint density at radius 2 is 1.90 bits per heavy atom. The molecule has 0 spiro atoms. The lowest BCUT2D eigenvalue weighted by Gasteiger charge is -2.38. The van der Waals surface area contributed by atoms with E-state index in [1.165, 1.54) is 0 Å². The van der Waals surface area contributed by atoms with Crippen molar-refractivity contribution < 1.29 is 9.53 Å². The van der Waals surface area contributed by atoms with Crippen molar-refractivity contribution in [2.45, 2.75) is 25.9 Å². The summed E-state index contributed by atoms with van der Waals surface area (Å²) in [5.41, 5.74) is -0.717. The third-order valence-corrected chi connectivity index (χ3v) is 3.98. The lowest BCUT2D eigenvalue weighted by atomic mass is 10.0. The number of nitrogens with zero attached hydrogens (tertiary/aromatic N) is 4. The summed E-state index contributed by atoms with van der Waals surface area (Å²) < 4.78 is 5.38. The Morgan fingerprint density at radius 1 is 1.30 bits per heavy atom. The van der Waals surface area contributed by atoms with Crippen molar-refractivity contribution in [3.05, 3.63) is 18.5 Å². The van der Waals surface area contributed by atoms with Crippen molar-refractivity contribution in [2.24, 2.45) is 0 Å². The minimum absolute atomic E-state index is 0.0659. The zero-order valence-corrected chi connectivity index (χ0v) is 12.4. The lowest BCUT2D eigenvalue weighted by molar-refractivity contribution is -0.153. The van der Waals surface area contributed by atoms with Gasteiger partial charge in [-0.15, -0.1) is 0 Å². The number of anilines is 1. The molecule has 0 N–H and O–H groups in total. The summed E-state index contributed by atoms with van der Waals surface area (Å²) in [6.07, 6.45) is 4.14. The van der Waals surface area contributed by atoms with E-state index >= 15 is 0 Å². The Hall–Kier alpha value is -1.69. The molecule has 0 saturated carbocycles. The minimum atomic E-state index is -0.717. The highest BCUT2D eigenvalue weighted by Crippen LogP contribution is 2.19. The van der Waals surface area contributed by atoms with Crippen LogP contribution >= 0.6 is 0 Å². The first kappa shape index (κ1) is 14.7. The van der Waals surface area contributed by atoms with Gasteiger partial charge < -0.3 is 14.5 Å². The predicted octanol–water partition coefficient (Wildman–Crippen LogP) is 0.940. The molecule has 2 heterocycles. The van der Waals surface area contributed by atoms with Crippen LogP contribution in [0.4, 0.5) is 5.95 Å². The van der Waals surface area contributed by atoms with Gasteiger partial charge in [0.15, 0.2) is 0 Å². The topological polar surface area (TPSA) is 58.6 Å². The van der Waals surface area contributed by atoms with Crippen LogP contribution in [0.5, 0.6) is 0 Å². The van der Waals surface area contributed by atoms with Gasteiger partial charge in [-0.2, -0.15) is 0 Å². The standard InChI is InChI=1S/C14H22N4O2/c1-4-14(2,20-3)12(19)17-8-10-18(11-9-17)13-15-6-5-7-16-13/h5-7H,4,8-11H2,1-3H3. The Morgan fingerprint density at radius 3 is 2.40 bits per heavy atom. The number of piperazine rings is 1. The van der Waals surface area contributed by atoms with Gasteiger partial charge in [-0.25, -0.2) is 9.97 Å². The lowest BCUT2D eigenvalue weighted by Crippen LogP contribution is -2.55. The molecule has 1 aromatic heterocycles. The third kappa shape index (κ3) is 2.90. The van der Waals surface area contributed by atoms with Gasteiger partial charge in [-0.3, -0.25) is 4.79 Å². The van der Waals surface area contributed by atoms with E-state index in [0.717, 1.165) is 19.0 Å². The first-order chi connectivity index (χ1) is 9.60. The number of hydrogen-bond donors (Lipinski definition) is 0. The summed E-state index contributed by atoms with van der Waals surface area (Å²) in [5.74, 6) is 0.792. The summed E-state index contributed by atoms with van der Waals surface area (Å²) in [7, 11) is 1.59. The van der Waals surface area contributed by atoms with Crippen LogP contribution < -0.4 is 4.90 Å². The maximum atomic E-state index is 12.5. The van der Waals surface area contributed by atoms with Gasteiger partial charge in [0.25, 0.3) is 5.91 Å². The molecule has 0 aromatic carbocycles. The fraction of sp³-hybridized carbons (Fsp3) is 0.643. The smallest absolute Gasteiger partial charge is 0.254 e. The number of amides is 1. The first-order valence-corrected chi connectivity index (χ1v) is 6.97. The Kier molecular flexibility index (Phi) is 4.54. The quantitative estimate of drug-likeness (QED) is 0.820. The number of rotatable bonds is 4. The highest BCUT2D eigenvalue weighted by molar-refractivity contribution is 5.85. The second-order valence-electron chi connectivity index (χ2n) is 5.12. The van der Waals surface area contributed by atoms with Gasteiger partial charge in [0.1, 0.15) is 5.60 Å². The van der Waals surface area contributed by atoms with E-state index in [2.05, 4.69) is 14.9 Å². The summed E-state index contributed by atoms with van der Waals surface area (Å²) in [4.78, 5) is 24.9. The van der Waals surface area contributed by atoms with E-state index < -0.39 is 5.60 Å². The van der Waals surface area contributed by atoms with Gasteiger partial charge in [0, 0.05) is 45.7 Å². The van der Waals surface area contributed by atoms with Crippen molar-refractivity contribution in [3.8, 4) is 0 Å². The van der Waals surface area contributed by atoms with Crippen LogP contribution in [0.1, 0.15) is 20.3 Å². The van der Waals surface area contributed by atoms with E-state index in [9.17, 15) is 4.79 Å². The molecule has 1 saturated heterocycles. The molecule has 1 fully saturated rings. The molecule has 1 aliphatic heterocycles. The molecule has 1 amide bonds. The number of carbonyl (C=O) groups is 1. The molecule has 1 aromatic rings. The maximum absolute atomic E-state index is 12.5.